The van der Waals surface area contributed by atoms with Gasteiger partial charge in [0.15, 0.2) is 0 Å². The number of hydrogen-bond donors (Lipinski definition) is 1. The highest BCUT2D eigenvalue weighted by atomic mass is 16.6. The van der Waals surface area contributed by atoms with Crippen molar-refractivity contribution in [3.05, 3.63) is 15.8 Å². The van der Waals surface area contributed by atoms with E-state index in [0.717, 1.165) is 0 Å². The zero-order valence-electron chi connectivity index (χ0n) is 13.0. The summed E-state index contributed by atoms with van der Waals surface area (Å²) in [6, 6.07) is -0.148. The molecule has 1 unspecified atom stereocenters. The van der Waals surface area contributed by atoms with Gasteiger partial charge >= 0.3 is 5.69 Å². The van der Waals surface area contributed by atoms with Crippen molar-refractivity contribution in [2.45, 2.75) is 45.7 Å². The lowest BCUT2D eigenvalue weighted by molar-refractivity contribution is -0.384. The monoisotopic (exact) mass is 295 g/mol. The Bertz CT molecular complexity index is 587. The fourth-order valence-corrected chi connectivity index (χ4v) is 2.67. The second kappa shape index (κ2) is 5.01. The van der Waals surface area contributed by atoms with Gasteiger partial charge in [-0.25, -0.2) is 4.68 Å². The van der Waals surface area contributed by atoms with Crippen LogP contribution in [0.3, 0.4) is 0 Å². The second-order valence-electron chi connectivity index (χ2n) is 6.38. The van der Waals surface area contributed by atoms with E-state index in [1.165, 1.54) is 4.68 Å². The van der Waals surface area contributed by atoms with E-state index < -0.39 is 4.92 Å². The molecule has 1 atom stereocenters. The minimum absolute atomic E-state index is 0.0286. The maximum Gasteiger partial charge on any atom is 0.333 e. The maximum atomic E-state index is 12.1. The van der Waals surface area contributed by atoms with Gasteiger partial charge in [-0.05, 0) is 27.7 Å². The van der Waals surface area contributed by atoms with Crippen LogP contribution in [0, 0.1) is 17.0 Å². The van der Waals surface area contributed by atoms with Crippen LogP contribution >= 0.6 is 0 Å². The topological polar surface area (TPSA) is 93.3 Å². The van der Waals surface area contributed by atoms with E-state index >= 15 is 0 Å². The van der Waals surface area contributed by atoms with Crippen LogP contribution in [-0.4, -0.2) is 43.6 Å². The van der Waals surface area contributed by atoms with Gasteiger partial charge in [0, 0.05) is 25.6 Å². The van der Waals surface area contributed by atoms with Gasteiger partial charge in [-0.3, -0.25) is 14.9 Å². The molecule has 1 saturated heterocycles. The summed E-state index contributed by atoms with van der Waals surface area (Å²) in [5.41, 5.74) is 0.0862. The standard InChI is InChI=1S/C13H21N5O3/c1-8-11(18(20)21)12(16(5)15-8)14-9-6-10(19)17(7-9)13(2,3)4/h9,14H,6-7H2,1-5H3. The second-order valence-corrected chi connectivity index (χ2v) is 6.38. The van der Waals surface area contributed by atoms with Gasteiger partial charge in [0.05, 0.1) is 11.0 Å². The SMILES string of the molecule is Cc1nn(C)c(NC2CC(=O)N(C(C)(C)C)C2)c1[N+](=O)[O-]. The summed E-state index contributed by atoms with van der Waals surface area (Å²) in [4.78, 5) is 24.6. The maximum absolute atomic E-state index is 12.1. The van der Waals surface area contributed by atoms with Crippen molar-refractivity contribution in [3.63, 3.8) is 0 Å². The Hall–Kier alpha value is -2.12. The van der Waals surface area contributed by atoms with Gasteiger partial charge in [-0.2, -0.15) is 5.10 Å². The number of hydrogen-bond acceptors (Lipinski definition) is 5. The van der Waals surface area contributed by atoms with Crippen molar-refractivity contribution >= 4 is 17.4 Å². The van der Waals surface area contributed by atoms with Crippen molar-refractivity contribution in [3.8, 4) is 0 Å². The first-order chi connectivity index (χ1) is 9.61. The summed E-state index contributed by atoms with van der Waals surface area (Å²) in [6.07, 6.45) is 0.332. The van der Waals surface area contributed by atoms with Crippen molar-refractivity contribution in [1.29, 1.82) is 0 Å². The fourth-order valence-electron chi connectivity index (χ4n) is 2.67. The Labute approximate surface area is 123 Å². The average molecular weight is 295 g/mol. The highest BCUT2D eigenvalue weighted by Gasteiger charge is 2.37. The Morgan fingerprint density at radius 1 is 1.43 bits per heavy atom. The number of carbonyl (C=O) groups excluding carboxylic acids is 1. The third-order valence-electron chi connectivity index (χ3n) is 3.65. The molecular weight excluding hydrogens is 274 g/mol. The van der Waals surface area contributed by atoms with E-state index in [4.69, 9.17) is 0 Å². The molecule has 2 heterocycles. The molecule has 1 N–H and O–H groups in total. The smallest absolute Gasteiger partial charge is 0.333 e. The summed E-state index contributed by atoms with van der Waals surface area (Å²) < 4.78 is 1.46. The molecule has 0 radical (unpaired) electrons. The van der Waals surface area contributed by atoms with Crippen LogP contribution in [0.25, 0.3) is 0 Å². The molecule has 2 rings (SSSR count). The van der Waals surface area contributed by atoms with E-state index in [1.54, 1.807) is 18.9 Å². The number of likely N-dealkylation sites (tertiary alicyclic amines) is 1. The van der Waals surface area contributed by atoms with Crippen LogP contribution in [0.5, 0.6) is 0 Å². The van der Waals surface area contributed by atoms with E-state index in [-0.39, 0.29) is 23.2 Å². The highest BCUT2D eigenvalue weighted by Crippen LogP contribution is 2.30. The molecule has 0 aliphatic carbocycles. The van der Waals surface area contributed by atoms with E-state index in [2.05, 4.69) is 10.4 Å². The molecule has 1 aliphatic heterocycles. The first-order valence-corrected chi connectivity index (χ1v) is 6.86. The molecular formula is C13H21N5O3. The van der Waals surface area contributed by atoms with E-state index in [0.29, 0.717) is 24.5 Å². The summed E-state index contributed by atoms with van der Waals surface area (Å²) in [6.45, 7) is 8.06. The van der Waals surface area contributed by atoms with Gasteiger partial charge < -0.3 is 10.2 Å². The Balaban J connectivity index is 2.21. The van der Waals surface area contributed by atoms with Crippen molar-refractivity contribution < 1.29 is 9.72 Å². The summed E-state index contributed by atoms with van der Waals surface area (Å²) in [7, 11) is 1.65. The van der Waals surface area contributed by atoms with E-state index in [9.17, 15) is 14.9 Å². The molecule has 1 aromatic heterocycles. The average Bonchev–Trinajstić information content (AvgIpc) is 2.80. The minimum Gasteiger partial charge on any atom is -0.359 e. The van der Waals surface area contributed by atoms with Crippen LogP contribution in [0.1, 0.15) is 32.9 Å². The van der Waals surface area contributed by atoms with Gasteiger partial charge in [0.2, 0.25) is 11.7 Å². The molecule has 21 heavy (non-hydrogen) atoms. The molecule has 1 amide bonds. The number of aryl methyl sites for hydroxylation is 2. The quantitative estimate of drug-likeness (QED) is 0.673. The number of aromatic nitrogens is 2. The van der Waals surface area contributed by atoms with Gasteiger partial charge in [-0.15, -0.1) is 0 Å². The first-order valence-electron chi connectivity index (χ1n) is 6.86. The predicted octanol–water partition coefficient (Wildman–Crippen LogP) is 1.45. The summed E-state index contributed by atoms with van der Waals surface area (Å²) >= 11 is 0. The largest absolute Gasteiger partial charge is 0.359 e. The Morgan fingerprint density at radius 3 is 2.52 bits per heavy atom. The molecule has 0 aromatic carbocycles. The highest BCUT2D eigenvalue weighted by molar-refractivity contribution is 5.81. The molecule has 1 aromatic rings. The molecule has 1 aliphatic rings. The van der Waals surface area contributed by atoms with Crippen LogP contribution < -0.4 is 5.32 Å². The number of nitrogens with zero attached hydrogens (tertiary/aromatic N) is 4. The normalized spacial score (nSPS) is 19.2. The third-order valence-corrected chi connectivity index (χ3v) is 3.65. The molecule has 1 fully saturated rings. The number of nitrogens with one attached hydrogen (secondary N) is 1. The lowest BCUT2D eigenvalue weighted by Crippen LogP contribution is -2.43. The molecule has 0 bridgehead atoms. The third kappa shape index (κ3) is 2.84. The van der Waals surface area contributed by atoms with Crippen LogP contribution in [-0.2, 0) is 11.8 Å². The number of anilines is 1. The Kier molecular flexibility index (Phi) is 3.65. The van der Waals surface area contributed by atoms with Crippen LogP contribution in [0.15, 0.2) is 0 Å². The molecule has 8 nitrogen and oxygen atoms in total. The predicted molar refractivity (Wildman–Crippen MR) is 78.1 cm³/mol. The van der Waals surface area contributed by atoms with E-state index in [1.807, 2.05) is 20.8 Å². The molecule has 116 valence electrons. The fraction of sp³-hybridized carbons (Fsp3) is 0.692. The lowest BCUT2D eigenvalue weighted by Gasteiger charge is -2.32. The van der Waals surface area contributed by atoms with Crippen molar-refractivity contribution in [2.75, 3.05) is 11.9 Å². The van der Waals surface area contributed by atoms with Gasteiger partial charge in [0.25, 0.3) is 0 Å². The van der Waals surface area contributed by atoms with Crippen LogP contribution in [0.2, 0.25) is 0 Å². The van der Waals surface area contributed by atoms with Crippen LogP contribution in [0.4, 0.5) is 11.5 Å². The Morgan fingerprint density at radius 2 is 2.05 bits per heavy atom. The number of nitro groups is 1. The zero-order chi connectivity index (χ0) is 15.9. The molecule has 0 saturated carbocycles. The minimum atomic E-state index is -0.442. The first kappa shape index (κ1) is 15.3. The van der Waals surface area contributed by atoms with Gasteiger partial charge in [-0.1, -0.05) is 0 Å². The summed E-state index contributed by atoms with van der Waals surface area (Å²) in [5.74, 6) is 0.410. The van der Waals surface area contributed by atoms with Gasteiger partial charge in [0.1, 0.15) is 5.69 Å². The number of amides is 1. The number of rotatable bonds is 3. The van der Waals surface area contributed by atoms with Crippen molar-refractivity contribution in [1.82, 2.24) is 14.7 Å². The van der Waals surface area contributed by atoms with Crippen molar-refractivity contribution in [2.24, 2.45) is 7.05 Å². The lowest BCUT2D eigenvalue weighted by atomic mass is 10.1. The molecule has 0 spiro atoms. The zero-order valence-corrected chi connectivity index (χ0v) is 13.0. The molecule has 8 heteroatoms. The summed E-state index contributed by atoms with van der Waals surface area (Å²) in [5, 5.41) is 18.3. The number of carbonyl (C=O) groups is 1.